The van der Waals surface area contributed by atoms with Gasteiger partial charge in [0.1, 0.15) is 23.2 Å². The lowest BCUT2D eigenvalue weighted by atomic mass is 9.76. The van der Waals surface area contributed by atoms with Crippen LogP contribution in [0.1, 0.15) is 43.1 Å². The number of ether oxygens (including phenoxy) is 3. The number of methoxy groups -OCH3 is 2. The lowest BCUT2D eigenvalue weighted by Gasteiger charge is -2.37. The van der Waals surface area contributed by atoms with Crippen molar-refractivity contribution >= 4 is 6.08 Å². The Morgan fingerprint density at radius 3 is 2.62 bits per heavy atom. The Morgan fingerprint density at radius 2 is 1.94 bits per heavy atom. The molecule has 2 aliphatic rings. The van der Waals surface area contributed by atoms with Crippen LogP contribution >= 0.6 is 0 Å². The van der Waals surface area contributed by atoms with Crippen LogP contribution in [-0.2, 0) is 6.54 Å². The van der Waals surface area contributed by atoms with Gasteiger partial charge >= 0.3 is 5.63 Å². The third-order valence-electron chi connectivity index (χ3n) is 6.55. The number of aryl methyl sites for hydroxylation is 1. The Labute approximate surface area is 188 Å². The molecule has 7 heteroatoms. The third-order valence-corrected chi connectivity index (χ3v) is 6.55. The zero-order chi connectivity index (χ0) is 22.8. The molecule has 0 saturated heterocycles. The van der Waals surface area contributed by atoms with E-state index >= 15 is 0 Å². The molecule has 0 spiro atoms. The van der Waals surface area contributed by atoms with Crippen LogP contribution in [0.5, 0.6) is 23.0 Å². The molecule has 1 aliphatic carbocycles. The van der Waals surface area contributed by atoms with Crippen molar-refractivity contribution in [2.75, 3.05) is 20.8 Å². The van der Waals surface area contributed by atoms with Gasteiger partial charge < -0.3 is 29.1 Å². The highest BCUT2D eigenvalue weighted by molar-refractivity contribution is 5.62. The molecule has 4 rings (SSSR count). The number of benzene rings is 1. The number of hydrogen-bond acceptors (Lipinski definition) is 7. The summed E-state index contributed by atoms with van der Waals surface area (Å²) in [7, 11) is 3.05. The van der Waals surface area contributed by atoms with E-state index in [1.165, 1.54) is 19.8 Å². The fraction of sp³-hybridized carbons (Fsp3) is 0.480. The average Bonchev–Trinajstić information content (AvgIpc) is 2.78. The summed E-state index contributed by atoms with van der Waals surface area (Å²) in [4.78, 5) is 12.1. The van der Waals surface area contributed by atoms with Crippen molar-refractivity contribution < 1.29 is 23.7 Å². The standard InChI is InChI=1S/C25H31NO6/c1-14(12-26-13-16-8-22(29-3)24(27)23(9-16)30-4)17-5-6-18-10-19-21(32-20(18)11-17)7-15(2)31-25(19)28/h7-10,14,17,20,26-27H,5-6,11-13H2,1-4H3/t14?,17-,20-/m0/s1. The van der Waals surface area contributed by atoms with Crippen molar-refractivity contribution in [2.45, 2.75) is 45.8 Å². The van der Waals surface area contributed by atoms with Gasteiger partial charge in [0.15, 0.2) is 11.5 Å². The van der Waals surface area contributed by atoms with Gasteiger partial charge in [0.05, 0.1) is 14.2 Å². The molecule has 1 unspecified atom stereocenters. The second-order valence-corrected chi connectivity index (χ2v) is 8.74. The maximum atomic E-state index is 12.1. The van der Waals surface area contributed by atoms with E-state index in [1.807, 2.05) is 18.2 Å². The molecule has 2 aromatic rings. The van der Waals surface area contributed by atoms with Gasteiger partial charge in [-0.3, -0.25) is 0 Å². The quantitative estimate of drug-likeness (QED) is 0.670. The molecule has 1 aromatic carbocycles. The van der Waals surface area contributed by atoms with E-state index in [4.69, 9.17) is 18.6 Å². The fourth-order valence-electron chi connectivity index (χ4n) is 4.68. The molecule has 172 valence electrons. The number of nitrogens with one attached hydrogen (secondary N) is 1. The lowest BCUT2D eigenvalue weighted by molar-refractivity contribution is 0.140. The maximum absolute atomic E-state index is 12.1. The first-order chi connectivity index (χ1) is 15.4. The second-order valence-electron chi connectivity index (χ2n) is 8.74. The molecule has 3 atom stereocenters. The van der Waals surface area contributed by atoms with Crippen molar-refractivity contribution in [3.63, 3.8) is 0 Å². The first kappa shape index (κ1) is 22.3. The number of hydrogen-bond donors (Lipinski definition) is 2. The van der Waals surface area contributed by atoms with Gasteiger partial charge in [-0.2, -0.15) is 0 Å². The molecule has 7 nitrogen and oxygen atoms in total. The summed E-state index contributed by atoms with van der Waals surface area (Å²) in [6, 6.07) is 5.44. The van der Waals surface area contributed by atoms with Crippen LogP contribution < -0.4 is 25.2 Å². The molecule has 0 amide bonds. The predicted molar refractivity (Wildman–Crippen MR) is 122 cm³/mol. The molecule has 1 aromatic heterocycles. The zero-order valence-electron chi connectivity index (χ0n) is 19.1. The molecule has 2 N–H and O–H groups in total. The topological polar surface area (TPSA) is 90.2 Å². The minimum Gasteiger partial charge on any atom is -0.502 e. The third kappa shape index (κ3) is 4.48. The van der Waals surface area contributed by atoms with E-state index in [1.54, 1.807) is 13.0 Å². The highest BCUT2D eigenvalue weighted by atomic mass is 16.5. The minimum atomic E-state index is -0.326. The van der Waals surface area contributed by atoms with Crippen molar-refractivity contribution in [1.29, 1.82) is 0 Å². The normalized spacial score (nSPS) is 20.4. The van der Waals surface area contributed by atoms with E-state index in [-0.39, 0.29) is 17.5 Å². The summed E-state index contributed by atoms with van der Waals surface area (Å²) in [5.74, 6) is 3.01. The molecule has 0 radical (unpaired) electrons. The minimum absolute atomic E-state index is 0.0141. The first-order valence-electron chi connectivity index (χ1n) is 11.1. The van der Waals surface area contributed by atoms with Gasteiger partial charge in [0, 0.05) is 12.6 Å². The summed E-state index contributed by atoms with van der Waals surface area (Å²) in [6.45, 7) is 5.54. The van der Waals surface area contributed by atoms with E-state index in [0.29, 0.717) is 47.0 Å². The number of rotatable bonds is 7. The van der Waals surface area contributed by atoms with Crippen LogP contribution in [0.2, 0.25) is 0 Å². The molecule has 2 heterocycles. The molecule has 1 aliphatic heterocycles. The molecule has 32 heavy (non-hydrogen) atoms. The number of fused-ring (bicyclic) bond motifs is 2. The smallest absolute Gasteiger partial charge is 0.346 e. The van der Waals surface area contributed by atoms with Crippen LogP contribution in [0.4, 0.5) is 0 Å². The van der Waals surface area contributed by atoms with Crippen molar-refractivity contribution in [3.05, 3.63) is 51.1 Å². The SMILES string of the molecule is COc1cc(CNCC(C)[C@H]2CCC3=Cc4c(cc(C)oc4=O)O[C@H]3C2)cc(OC)c1O. The highest BCUT2D eigenvalue weighted by Gasteiger charge is 2.33. The molecular formula is C25H31NO6. The summed E-state index contributed by atoms with van der Waals surface area (Å²) in [6.07, 6.45) is 4.93. The largest absolute Gasteiger partial charge is 0.502 e. The Hall–Kier alpha value is -2.93. The van der Waals surface area contributed by atoms with Gasteiger partial charge in [0.25, 0.3) is 0 Å². The summed E-state index contributed by atoms with van der Waals surface area (Å²) >= 11 is 0. The Kier molecular flexibility index (Phi) is 6.46. The predicted octanol–water partition coefficient (Wildman–Crippen LogP) is 4.04. The van der Waals surface area contributed by atoms with E-state index in [2.05, 4.69) is 12.2 Å². The lowest BCUT2D eigenvalue weighted by Crippen LogP contribution is -2.36. The Balaban J connectivity index is 1.35. The monoisotopic (exact) mass is 441 g/mol. The van der Waals surface area contributed by atoms with Crippen molar-refractivity contribution in [3.8, 4) is 23.0 Å². The van der Waals surface area contributed by atoms with Gasteiger partial charge in [0.2, 0.25) is 5.75 Å². The van der Waals surface area contributed by atoms with Crippen LogP contribution in [-0.4, -0.2) is 32.0 Å². The summed E-state index contributed by atoms with van der Waals surface area (Å²) in [5.41, 5.74) is 2.38. The van der Waals surface area contributed by atoms with Crippen LogP contribution in [0.15, 0.2) is 33.0 Å². The van der Waals surface area contributed by atoms with E-state index in [9.17, 15) is 9.90 Å². The van der Waals surface area contributed by atoms with Crippen LogP contribution in [0, 0.1) is 18.8 Å². The van der Waals surface area contributed by atoms with Crippen LogP contribution in [0.3, 0.4) is 0 Å². The van der Waals surface area contributed by atoms with E-state index < -0.39 is 0 Å². The van der Waals surface area contributed by atoms with Crippen LogP contribution in [0.25, 0.3) is 6.08 Å². The molecule has 0 bridgehead atoms. The number of phenolic OH excluding ortho intramolecular Hbond substituents is 1. The Bertz CT molecular complexity index is 1050. The summed E-state index contributed by atoms with van der Waals surface area (Å²) in [5, 5.41) is 13.6. The van der Waals surface area contributed by atoms with Gasteiger partial charge in [-0.1, -0.05) is 6.92 Å². The first-order valence-corrected chi connectivity index (χ1v) is 11.1. The number of aromatic hydroxyl groups is 1. The van der Waals surface area contributed by atoms with Crippen molar-refractivity contribution in [1.82, 2.24) is 5.32 Å². The molecular weight excluding hydrogens is 410 g/mol. The fourth-order valence-corrected chi connectivity index (χ4v) is 4.68. The van der Waals surface area contributed by atoms with Gasteiger partial charge in [-0.15, -0.1) is 0 Å². The highest BCUT2D eigenvalue weighted by Crippen LogP contribution is 2.40. The maximum Gasteiger partial charge on any atom is 0.346 e. The van der Waals surface area contributed by atoms with Gasteiger partial charge in [-0.25, -0.2) is 4.79 Å². The van der Waals surface area contributed by atoms with E-state index in [0.717, 1.165) is 31.4 Å². The summed E-state index contributed by atoms with van der Waals surface area (Å²) < 4.78 is 21.9. The molecule has 1 saturated carbocycles. The molecule has 1 fully saturated rings. The number of phenols is 1. The average molecular weight is 442 g/mol. The second kappa shape index (κ2) is 9.28. The Morgan fingerprint density at radius 1 is 1.22 bits per heavy atom. The zero-order valence-corrected chi connectivity index (χ0v) is 19.1. The van der Waals surface area contributed by atoms with Crippen molar-refractivity contribution in [2.24, 2.45) is 11.8 Å². The van der Waals surface area contributed by atoms with Gasteiger partial charge in [-0.05, 0) is 73.9 Å².